The van der Waals surface area contributed by atoms with Crippen LogP contribution in [0, 0.1) is 5.82 Å². The molecule has 138 valence electrons. The highest BCUT2D eigenvalue weighted by molar-refractivity contribution is 6.31. The minimum atomic E-state index is -0.285. The molecule has 0 saturated heterocycles. The Bertz CT molecular complexity index is 984. The predicted molar refractivity (Wildman–Crippen MR) is 103 cm³/mol. The van der Waals surface area contributed by atoms with Crippen LogP contribution < -0.4 is 5.32 Å². The molecule has 0 unspecified atom stereocenters. The van der Waals surface area contributed by atoms with Gasteiger partial charge in [0.05, 0.1) is 0 Å². The fourth-order valence-electron chi connectivity index (χ4n) is 3.11. The summed E-state index contributed by atoms with van der Waals surface area (Å²) >= 11 is 6.44. The van der Waals surface area contributed by atoms with Gasteiger partial charge in [0, 0.05) is 23.7 Å². The lowest BCUT2D eigenvalue weighted by Crippen LogP contribution is -2.20. The summed E-state index contributed by atoms with van der Waals surface area (Å²) in [6.07, 6.45) is 3.18. The first-order valence-corrected chi connectivity index (χ1v) is 9.09. The molecule has 2 aromatic carbocycles. The Balaban J connectivity index is 1.79. The molecule has 1 aliphatic rings. The van der Waals surface area contributed by atoms with Crippen LogP contribution in [0.2, 0.25) is 5.02 Å². The van der Waals surface area contributed by atoms with Crippen molar-refractivity contribution < 1.29 is 9.50 Å². The fourth-order valence-corrected chi connectivity index (χ4v) is 3.36. The second-order valence-corrected chi connectivity index (χ2v) is 6.71. The summed E-state index contributed by atoms with van der Waals surface area (Å²) in [4.78, 5) is 4.56. The van der Waals surface area contributed by atoms with E-state index in [1.807, 2.05) is 30.3 Å². The van der Waals surface area contributed by atoms with Gasteiger partial charge in [-0.15, -0.1) is 0 Å². The molecule has 1 atom stereocenters. The van der Waals surface area contributed by atoms with Gasteiger partial charge in [0.15, 0.2) is 5.82 Å². The number of hydrogen-bond acceptors (Lipinski definition) is 4. The SMILES string of the molecule is OCCCc1nc2n(n1)[C@@H](c1ccccc1Cl)C=C(c1ccc(F)cc1)N2. The van der Waals surface area contributed by atoms with Crippen LogP contribution in [0.15, 0.2) is 54.6 Å². The standard InChI is InChI=1S/C20H18ClFN4O/c21-16-5-2-1-4-15(16)18-12-17(13-7-9-14(22)10-8-13)23-20-24-19(6-3-11-27)25-26(18)20/h1-2,4-5,7-10,12,18,27H,3,6,11H2,(H,23,24,25)/t18-/m1/s1. The molecule has 2 heterocycles. The minimum absolute atomic E-state index is 0.0876. The summed E-state index contributed by atoms with van der Waals surface area (Å²) < 4.78 is 15.1. The molecular weight excluding hydrogens is 367 g/mol. The number of fused-ring (bicyclic) bond motifs is 1. The van der Waals surface area contributed by atoms with Crippen LogP contribution >= 0.6 is 11.6 Å². The Hall–Kier alpha value is -2.70. The van der Waals surface area contributed by atoms with Crippen molar-refractivity contribution in [3.8, 4) is 0 Å². The van der Waals surface area contributed by atoms with Crippen molar-refractivity contribution in [2.75, 3.05) is 11.9 Å². The van der Waals surface area contributed by atoms with Crippen LogP contribution in [-0.2, 0) is 6.42 Å². The van der Waals surface area contributed by atoms with Gasteiger partial charge in [0.1, 0.15) is 11.9 Å². The minimum Gasteiger partial charge on any atom is -0.396 e. The monoisotopic (exact) mass is 384 g/mol. The third-order valence-electron chi connectivity index (χ3n) is 4.45. The Morgan fingerprint density at radius 1 is 1.15 bits per heavy atom. The Morgan fingerprint density at radius 2 is 1.93 bits per heavy atom. The average molecular weight is 385 g/mol. The fraction of sp³-hybridized carbons (Fsp3) is 0.200. The number of nitrogens with one attached hydrogen (secondary N) is 1. The molecule has 0 radical (unpaired) electrons. The Labute approximate surface area is 161 Å². The van der Waals surface area contributed by atoms with Crippen molar-refractivity contribution in [1.82, 2.24) is 14.8 Å². The highest BCUT2D eigenvalue weighted by Crippen LogP contribution is 2.35. The molecule has 1 aromatic heterocycles. The van der Waals surface area contributed by atoms with Crippen LogP contribution in [0.1, 0.15) is 29.4 Å². The molecular formula is C20H18ClFN4O. The van der Waals surface area contributed by atoms with E-state index >= 15 is 0 Å². The second kappa shape index (κ2) is 7.50. The maximum absolute atomic E-state index is 13.3. The van der Waals surface area contributed by atoms with Gasteiger partial charge in [-0.05, 0) is 54.0 Å². The number of anilines is 1. The third-order valence-corrected chi connectivity index (χ3v) is 4.79. The van der Waals surface area contributed by atoms with E-state index in [9.17, 15) is 4.39 Å². The van der Waals surface area contributed by atoms with Gasteiger partial charge >= 0.3 is 0 Å². The van der Waals surface area contributed by atoms with Gasteiger partial charge in [-0.2, -0.15) is 10.1 Å². The zero-order chi connectivity index (χ0) is 18.8. The molecule has 1 aliphatic heterocycles. The van der Waals surface area contributed by atoms with Gasteiger partial charge in [-0.1, -0.05) is 29.8 Å². The van der Waals surface area contributed by atoms with Crippen molar-refractivity contribution >= 4 is 23.2 Å². The van der Waals surface area contributed by atoms with Gasteiger partial charge in [-0.3, -0.25) is 0 Å². The Morgan fingerprint density at radius 3 is 2.67 bits per heavy atom. The van der Waals surface area contributed by atoms with Crippen LogP contribution in [0.25, 0.3) is 5.70 Å². The molecule has 0 aliphatic carbocycles. The van der Waals surface area contributed by atoms with E-state index in [0.29, 0.717) is 29.6 Å². The normalized spacial score (nSPS) is 15.8. The van der Waals surface area contributed by atoms with E-state index < -0.39 is 0 Å². The number of aryl methyl sites for hydroxylation is 1. The number of benzene rings is 2. The number of halogens is 2. The molecule has 27 heavy (non-hydrogen) atoms. The Kier molecular flexibility index (Phi) is 4.92. The van der Waals surface area contributed by atoms with Crippen molar-refractivity contribution in [3.05, 3.63) is 82.4 Å². The molecule has 4 rings (SSSR count). The number of hydrogen-bond donors (Lipinski definition) is 2. The molecule has 0 spiro atoms. The van der Waals surface area contributed by atoms with Crippen molar-refractivity contribution in [1.29, 1.82) is 0 Å². The molecule has 0 amide bonds. The number of nitrogens with zero attached hydrogens (tertiary/aromatic N) is 3. The highest BCUT2D eigenvalue weighted by Gasteiger charge is 2.26. The maximum Gasteiger partial charge on any atom is 0.226 e. The summed E-state index contributed by atoms with van der Waals surface area (Å²) in [5.74, 6) is 0.958. The van der Waals surface area contributed by atoms with Gasteiger partial charge in [0.2, 0.25) is 5.95 Å². The smallest absolute Gasteiger partial charge is 0.226 e. The van der Waals surface area contributed by atoms with E-state index in [1.165, 1.54) is 12.1 Å². The van der Waals surface area contributed by atoms with Gasteiger partial charge < -0.3 is 10.4 Å². The molecule has 7 heteroatoms. The first kappa shape index (κ1) is 17.7. The third kappa shape index (κ3) is 3.59. The first-order valence-electron chi connectivity index (χ1n) is 8.71. The van der Waals surface area contributed by atoms with E-state index in [2.05, 4.69) is 15.4 Å². The number of allylic oxidation sites excluding steroid dienone is 1. The molecule has 3 aromatic rings. The molecule has 0 bridgehead atoms. The summed E-state index contributed by atoms with van der Waals surface area (Å²) in [6.45, 7) is 0.0876. The molecule has 5 nitrogen and oxygen atoms in total. The molecule has 0 fully saturated rings. The van der Waals surface area contributed by atoms with E-state index in [1.54, 1.807) is 16.8 Å². The largest absolute Gasteiger partial charge is 0.396 e. The zero-order valence-electron chi connectivity index (χ0n) is 14.4. The van der Waals surface area contributed by atoms with Crippen LogP contribution in [0.3, 0.4) is 0 Å². The van der Waals surface area contributed by atoms with Crippen molar-refractivity contribution in [2.45, 2.75) is 18.9 Å². The van der Waals surface area contributed by atoms with Crippen molar-refractivity contribution in [2.24, 2.45) is 0 Å². The highest BCUT2D eigenvalue weighted by atomic mass is 35.5. The van der Waals surface area contributed by atoms with E-state index in [0.717, 1.165) is 16.8 Å². The summed E-state index contributed by atoms with van der Waals surface area (Å²) in [5.41, 5.74) is 2.56. The zero-order valence-corrected chi connectivity index (χ0v) is 15.2. The summed E-state index contributed by atoms with van der Waals surface area (Å²) in [5, 5.41) is 17.6. The number of rotatable bonds is 5. The predicted octanol–water partition coefficient (Wildman–Crippen LogP) is 4.05. The summed E-state index contributed by atoms with van der Waals surface area (Å²) in [6, 6.07) is 13.6. The molecule has 0 saturated carbocycles. The quantitative estimate of drug-likeness (QED) is 0.696. The van der Waals surface area contributed by atoms with Crippen LogP contribution in [0.4, 0.5) is 10.3 Å². The van der Waals surface area contributed by atoms with Gasteiger partial charge in [0.25, 0.3) is 0 Å². The van der Waals surface area contributed by atoms with E-state index in [-0.39, 0.29) is 18.5 Å². The van der Waals surface area contributed by atoms with Gasteiger partial charge in [-0.25, -0.2) is 9.07 Å². The van der Waals surface area contributed by atoms with Crippen LogP contribution in [0.5, 0.6) is 0 Å². The topological polar surface area (TPSA) is 63.0 Å². The first-order chi connectivity index (χ1) is 13.2. The number of aromatic nitrogens is 3. The number of aliphatic hydroxyl groups excluding tert-OH is 1. The van der Waals surface area contributed by atoms with E-state index in [4.69, 9.17) is 16.7 Å². The lowest BCUT2D eigenvalue weighted by molar-refractivity contribution is 0.287. The number of aliphatic hydroxyl groups is 1. The maximum atomic E-state index is 13.3. The second-order valence-electron chi connectivity index (χ2n) is 6.30. The van der Waals surface area contributed by atoms with Crippen LogP contribution in [-0.4, -0.2) is 26.5 Å². The summed E-state index contributed by atoms with van der Waals surface area (Å²) in [7, 11) is 0. The molecule has 2 N–H and O–H groups in total. The lowest BCUT2D eigenvalue weighted by Gasteiger charge is -2.25. The average Bonchev–Trinajstić information content (AvgIpc) is 3.09. The lowest BCUT2D eigenvalue weighted by atomic mass is 10.0. The van der Waals surface area contributed by atoms with Crippen molar-refractivity contribution in [3.63, 3.8) is 0 Å².